The van der Waals surface area contributed by atoms with Crippen LogP contribution in [0.3, 0.4) is 0 Å². The number of unbranched alkanes of at least 4 members (excludes halogenated alkanes) is 2. The van der Waals surface area contributed by atoms with Gasteiger partial charge in [-0.15, -0.1) is 0 Å². The van der Waals surface area contributed by atoms with E-state index in [1.165, 1.54) is 0 Å². The lowest BCUT2D eigenvalue weighted by Crippen LogP contribution is -2.45. The van der Waals surface area contributed by atoms with Crippen molar-refractivity contribution in [1.29, 1.82) is 0 Å². The Balaban J connectivity index is 0.000000591. The fraction of sp³-hybridized carbons (Fsp3) is 0.548. The van der Waals surface area contributed by atoms with Gasteiger partial charge in [0.2, 0.25) is 0 Å². The zero-order chi connectivity index (χ0) is 28.1. The molecule has 2 atom stereocenters. The van der Waals surface area contributed by atoms with Crippen molar-refractivity contribution in [1.82, 2.24) is 0 Å². The molecule has 2 rings (SSSR count). The van der Waals surface area contributed by atoms with Gasteiger partial charge in [0.15, 0.2) is 0 Å². The molecule has 6 heteroatoms. The third-order valence-electron chi connectivity index (χ3n) is 6.48. The first kappa shape index (κ1) is 34.3. The molecule has 0 aliphatic rings. The van der Waals surface area contributed by atoms with Crippen LogP contribution in [0.4, 0.5) is 0 Å². The van der Waals surface area contributed by atoms with Crippen molar-refractivity contribution in [2.75, 3.05) is 0 Å². The van der Waals surface area contributed by atoms with Crippen LogP contribution in [0.1, 0.15) is 113 Å². The van der Waals surface area contributed by atoms with Gasteiger partial charge in [0.25, 0.3) is 0 Å². The summed E-state index contributed by atoms with van der Waals surface area (Å²) in [6.45, 7) is 8.59. The molecule has 0 aliphatic carbocycles. The molecule has 0 fully saturated rings. The van der Waals surface area contributed by atoms with E-state index in [2.05, 4.69) is 27.7 Å². The molecule has 4 N–H and O–H groups in total. The topological polar surface area (TPSA) is 115 Å². The summed E-state index contributed by atoms with van der Waals surface area (Å²) >= 11 is 0. The van der Waals surface area contributed by atoms with E-state index in [9.17, 15) is 19.8 Å². The average molecular weight is 517 g/mol. The molecule has 0 aromatic heterocycles. The second-order valence-electron chi connectivity index (χ2n) is 9.39. The number of carbonyl (C=O) groups is 2. The van der Waals surface area contributed by atoms with Crippen LogP contribution in [0.15, 0.2) is 60.7 Å². The Hall–Kier alpha value is -2.70. The number of hydrogen-bond acceptors (Lipinski definition) is 4. The van der Waals surface area contributed by atoms with Crippen molar-refractivity contribution in [3.05, 3.63) is 71.8 Å². The van der Waals surface area contributed by atoms with Gasteiger partial charge in [-0.25, -0.2) is 9.59 Å². The summed E-state index contributed by atoms with van der Waals surface area (Å²) in [4.78, 5) is 20.4. The van der Waals surface area contributed by atoms with Crippen LogP contribution in [0.5, 0.6) is 0 Å². The minimum absolute atomic E-state index is 0.266. The van der Waals surface area contributed by atoms with E-state index in [1.54, 1.807) is 60.7 Å². The molecular weight excluding hydrogens is 468 g/mol. The number of rotatable bonds is 14. The Bertz CT molecular complexity index is 766. The maximum Gasteiger partial charge on any atom is 0.335 e. The molecule has 37 heavy (non-hydrogen) atoms. The first-order valence-corrected chi connectivity index (χ1v) is 13.6. The summed E-state index contributed by atoms with van der Waals surface area (Å²) in [7, 11) is 0. The molecule has 0 aliphatic heterocycles. The molecule has 0 saturated carbocycles. The molecule has 0 amide bonds. The van der Waals surface area contributed by atoms with Crippen LogP contribution in [0.25, 0.3) is 0 Å². The largest absolute Gasteiger partial charge is 0.478 e. The second-order valence-corrected chi connectivity index (χ2v) is 9.39. The van der Waals surface area contributed by atoms with Crippen molar-refractivity contribution in [3.8, 4) is 0 Å². The van der Waals surface area contributed by atoms with E-state index >= 15 is 0 Å². The third-order valence-corrected chi connectivity index (χ3v) is 6.48. The van der Waals surface area contributed by atoms with Crippen molar-refractivity contribution in [2.45, 2.75) is 104 Å². The van der Waals surface area contributed by atoms with Crippen molar-refractivity contribution in [3.63, 3.8) is 0 Å². The van der Waals surface area contributed by atoms with Gasteiger partial charge in [-0.1, -0.05) is 103 Å². The number of hydrogen-bond donors (Lipinski definition) is 4. The normalized spacial score (nSPS) is 12.3. The van der Waals surface area contributed by atoms with E-state index in [0.717, 1.165) is 64.2 Å². The molecule has 0 bridgehead atoms. The third kappa shape index (κ3) is 13.4. The molecule has 2 unspecified atom stereocenters. The summed E-state index contributed by atoms with van der Waals surface area (Å²) in [5.41, 5.74) is 0.396. The fourth-order valence-corrected chi connectivity index (χ4v) is 4.31. The predicted molar refractivity (Wildman–Crippen MR) is 150 cm³/mol. The van der Waals surface area contributed by atoms with Gasteiger partial charge in [-0.3, -0.25) is 0 Å². The molecule has 2 aromatic rings. The summed E-state index contributed by atoms with van der Waals surface area (Å²) < 4.78 is 0. The highest BCUT2D eigenvalue weighted by molar-refractivity contribution is 5.87. The average Bonchev–Trinajstić information content (AvgIpc) is 2.91. The fourth-order valence-electron chi connectivity index (χ4n) is 4.31. The number of aliphatic hydroxyl groups is 2. The first-order valence-electron chi connectivity index (χ1n) is 13.6. The molecule has 0 saturated heterocycles. The highest BCUT2D eigenvalue weighted by atomic mass is 16.4. The van der Waals surface area contributed by atoms with Gasteiger partial charge < -0.3 is 20.4 Å². The Morgan fingerprint density at radius 3 is 1.16 bits per heavy atom. The lowest BCUT2D eigenvalue weighted by Gasteiger charge is -2.42. The monoisotopic (exact) mass is 516 g/mol. The van der Waals surface area contributed by atoms with Crippen LogP contribution >= 0.6 is 0 Å². The number of carboxylic acids is 2. The predicted octanol–water partition coefficient (Wildman–Crippen LogP) is 7.44. The molecular formula is C31H48O6. The summed E-state index contributed by atoms with van der Waals surface area (Å²) in [6.07, 6.45) is 9.29. The minimum atomic E-state index is -0.879. The van der Waals surface area contributed by atoms with Gasteiger partial charge in [0, 0.05) is 5.41 Å². The number of aliphatic hydroxyl groups excluding tert-OH is 2. The van der Waals surface area contributed by atoms with E-state index in [4.69, 9.17) is 10.2 Å². The Kier molecular flexibility index (Phi) is 18.9. The van der Waals surface area contributed by atoms with Crippen molar-refractivity contribution in [2.24, 2.45) is 5.41 Å². The molecule has 0 heterocycles. The number of benzene rings is 2. The molecule has 2 aromatic carbocycles. The zero-order valence-corrected chi connectivity index (χ0v) is 23.1. The summed E-state index contributed by atoms with van der Waals surface area (Å²) in [5.74, 6) is -1.76. The summed E-state index contributed by atoms with van der Waals surface area (Å²) in [5, 5.41) is 38.1. The van der Waals surface area contributed by atoms with E-state index in [-0.39, 0.29) is 17.6 Å². The zero-order valence-electron chi connectivity index (χ0n) is 23.1. The SMILES string of the molecule is CCCCC(CCCC)(C(O)CCC)C(O)CCC.O=C(O)c1ccccc1.O=C(O)c1ccccc1. The lowest BCUT2D eigenvalue weighted by atomic mass is 9.67. The van der Waals surface area contributed by atoms with Gasteiger partial charge >= 0.3 is 11.9 Å². The van der Waals surface area contributed by atoms with Crippen molar-refractivity contribution < 1.29 is 30.0 Å². The van der Waals surface area contributed by atoms with Crippen LogP contribution in [0, 0.1) is 5.41 Å². The first-order chi connectivity index (χ1) is 17.7. The number of carboxylic acid groups (broad SMARTS) is 2. The van der Waals surface area contributed by atoms with Gasteiger partial charge in [0.05, 0.1) is 23.3 Å². The van der Waals surface area contributed by atoms with E-state index in [1.807, 2.05) is 0 Å². The maximum atomic E-state index is 10.6. The highest BCUT2D eigenvalue weighted by Gasteiger charge is 2.42. The van der Waals surface area contributed by atoms with Crippen LogP contribution in [-0.4, -0.2) is 44.6 Å². The van der Waals surface area contributed by atoms with Gasteiger partial charge in [-0.05, 0) is 49.9 Å². The Morgan fingerprint density at radius 2 is 0.946 bits per heavy atom. The van der Waals surface area contributed by atoms with Gasteiger partial charge in [0.1, 0.15) is 0 Å². The van der Waals surface area contributed by atoms with Crippen LogP contribution in [0.2, 0.25) is 0 Å². The minimum Gasteiger partial charge on any atom is -0.478 e. The standard InChI is InChI=1S/C17H36O2.2C7H6O2/c1-5-9-13-17(14-10-6-2,15(18)11-7-3)16(19)12-8-4;2*8-7(9)6-4-2-1-3-5-6/h15-16,18-19H,5-14H2,1-4H3;2*1-5H,(H,8,9). The molecule has 0 spiro atoms. The lowest BCUT2D eigenvalue weighted by molar-refractivity contribution is -0.0899. The highest BCUT2D eigenvalue weighted by Crippen LogP contribution is 2.41. The van der Waals surface area contributed by atoms with E-state index in [0.29, 0.717) is 11.1 Å². The Morgan fingerprint density at radius 1 is 0.622 bits per heavy atom. The van der Waals surface area contributed by atoms with Crippen LogP contribution < -0.4 is 0 Å². The number of aromatic carboxylic acids is 2. The van der Waals surface area contributed by atoms with E-state index < -0.39 is 11.9 Å². The molecule has 6 nitrogen and oxygen atoms in total. The molecule has 0 radical (unpaired) electrons. The summed E-state index contributed by atoms with van der Waals surface area (Å²) in [6, 6.07) is 16.6. The second kappa shape index (κ2) is 20.4. The smallest absolute Gasteiger partial charge is 0.335 e. The quantitative estimate of drug-likeness (QED) is 0.207. The molecule has 208 valence electrons. The Labute approximate surface area is 223 Å². The van der Waals surface area contributed by atoms with Crippen molar-refractivity contribution >= 4 is 11.9 Å². The van der Waals surface area contributed by atoms with Crippen LogP contribution in [-0.2, 0) is 0 Å². The van der Waals surface area contributed by atoms with Gasteiger partial charge in [-0.2, -0.15) is 0 Å². The maximum absolute atomic E-state index is 10.6.